The SMILES string of the molecule is O=C(CSc1n[nH]c(/C=C/c2ccccc2)n1)Nc1cc([N+](=O)[O-])ccc1Cl. The topological polar surface area (TPSA) is 114 Å². The van der Waals surface area contributed by atoms with Gasteiger partial charge < -0.3 is 5.32 Å². The third kappa shape index (κ3) is 5.41. The van der Waals surface area contributed by atoms with E-state index in [1.165, 1.54) is 18.2 Å². The molecule has 0 bridgehead atoms. The van der Waals surface area contributed by atoms with Crippen LogP contribution in [0, 0.1) is 10.1 Å². The van der Waals surface area contributed by atoms with Crippen molar-refractivity contribution in [3.8, 4) is 0 Å². The number of nitrogens with zero attached hydrogens (tertiary/aromatic N) is 3. The van der Waals surface area contributed by atoms with E-state index >= 15 is 0 Å². The molecular weight excluding hydrogens is 402 g/mol. The first-order chi connectivity index (χ1) is 13.5. The summed E-state index contributed by atoms with van der Waals surface area (Å²) in [5, 5.41) is 20.8. The minimum Gasteiger partial charge on any atom is -0.324 e. The van der Waals surface area contributed by atoms with Crippen molar-refractivity contribution in [3.05, 3.63) is 75.1 Å². The zero-order chi connectivity index (χ0) is 19.9. The number of halogens is 1. The smallest absolute Gasteiger partial charge is 0.271 e. The molecule has 2 aromatic carbocycles. The van der Waals surface area contributed by atoms with E-state index in [4.69, 9.17) is 11.6 Å². The van der Waals surface area contributed by atoms with Crippen molar-refractivity contribution >= 4 is 52.8 Å². The van der Waals surface area contributed by atoms with Gasteiger partial charge in [0.15, 0.2) is 0 Å². The fourth-order valence-electron chi connectivity index (χ4n) is 2.18. The molecule has 0 aliphatic rings. The van der Waals surface area contributed by atoms with Gasteiger partial charge in [-0.3, -0.25) is 20.0 Å². The van der Waals surface area contributed by atoms with Gasteiger partial charge in [0.05, 0.1) is 21.4 Å². The summed E-state index contributed by atoms with van der Waals surface area (Å²) < 4.78 is 0. The molecule has 1 heterocycles. The number of carbonyl (C=O) groups excluding carboxylic acids is 1. The van der Waals surface area contributed by atoms with E-state index in [-0.39, 0.29) is 28.1 Å². The first-order valence-corrected chi connectivity index (χ1v) is 9.40. The van der Waals surface area contributed by atoms with Gasteiger partial charge in [0.1, 0.15) is 5.82 Å². The monoisotopic (exact) mass is 415 g/mol. The molecule has 0 spiro atoms. The maximum absolute atomic E-state index is 12.1. The lowest BCUT2D eigenvalue weighted by Gasteiger charge is -2.06. The number of anilines is 1. The van der Waals surface area contributed by atoms with Gasteiger partial charge in [0.2, 0.25) is 11.1 Å². The second kappa shape index (κ2) is 9.16. The third-order valence-corrected chi connectivity index (χ3v) is 4.66. The molecule has 0 aliphatic heterocycles. The molecule has 3 rings (SSSR count). The summed E-state index contributed by atoms with van der Waals surface area (Å²) in [5.41, 5.74) is 1.06. The van der Waals surface area contributed by atoms with Crippen LogP contribution in [0.3, 0.4) is 0 Å². The maximum atomic E-state index is 12.1. The predicted octanol–water partition coefficient (Wildman–Crippen LogP) is 4.27. The Morgan fingerprint density at radius 2 is 2.04 bits per heavy atom. The predicted molar refractivity (Wildman–Crippen MR) is 109 cm³/mol. The molecule has 3 aromatic rings. The molecular formula is C18H14ClN5O3S. The molecule has 142 valence electrons. The van der Waals surface area contributed by atoms with E-state index in [1.807, 2.05) is 36.4 Å². The number of hydrogen-bond donors (Lipinski definition) is 2. The summed E-state index contributed by atoms with van der Waals surface area (Å²) in [5.74, 6) is 0.214. The fourth-order valence-corrected chi connectivity index (χ4v) is 2.95. The van der Waals surface area contributed by atoms with Crippen molar-refractivity contribution < 1.29 is 9.72 Å². The van der Waals surface area contributed by atoms with Crippen LogP contribution in [0.5, 0.6) is 0 Å². The Labute approximate surface area is 169 Å². The summed E-state index contributed by atoms with van der Waals surface area (Å²) in [4.78, 5) is 26.6. The number of nitro groups is 1. The van der Waals surface area contributed by atoms with Gasteiger partial charge >= 0.3 is 0 Å². The number of aromatic nitrogens is 3. The average molecular weight is 416 g/mol. The summed E-state index contributed by atoms with van der Waals surface area (Å²) in [7, 11) is 0. The summed E-state index contributed by atoms with van der Waals surface area (Å²) in [6.07, 6.45) is 3.68. The van der Waals surface area contributed by atoms with Crippen molar-refractivity contribution in [2.45, 2.75) is 5.16 Å². The second-order valence-corrected chi connectivity index (χ2v) is 6.86. The Morgan fingerprint density at radius 1 is 1.25 bits per heavy atom. The molecule has 0 radical (unpaired) electrons. The van der Waals surface area contributed by atoms with Crippen molar-refractivity contribution in [2.24, 2.45) is 0 Å². The first kappa shape index (κ1) is 19.6. The number of hydrogen-bond acceptors (Lipinski definition) is 6. The summed E-state index contributed by atoms with van der Waals surface area (Å²) >= 11 is 7.10. The summed E-state index contributed by atoms with van der Waals surface area (Å²) in [6.45, 7) is 0. The van der Waals surface area contributed by atoms with Gasteiger partial charge in [-0.25, -0.2) is 4.98 Å². The molecule has 2 N–H and O–H groups in total. The zero-order valence-electron chi connectivity index (χ0n) is 14.3. The number of nitrogens with one attached hydrogen (secondary N) is 2. The summed E-state index contributed by atoms with van der Waals surface area (Å²) in [6, 6.07) is 13.6. The number of nitro benzene ring substituents is 1. The van der Waals surface area contributed by atoms with Crippen LogP contribution in [-0.4, -0.2) is 31.8 Å². The van der Waals surface area contributed by atoms with Gasteiger partial charge in [-0.1, -0.05) is 59.8 Å². The number of non-ortho nitro benzene ring substituents is 1. The molecule has 0 aliphatic carbocycles. The lowest BCUT2D eigenvalue weighted by molar-refractivity contribution is -0.384. The number of amides is 1. The molecule has 0 saturated heterocycles. The van der Waals surface area contributed by atoms with E-state index < -0.39 is 4.92 Å². The lowest BCUT2D eigenvalue weighted by Crippen LogP contribution is -2.14. The van der Waals surface area contributed by atoms with Crippen LogP contribution < -0.4 is 5.32 Å². The van der Waals surface area contributed by atoms with Crippen molar-refractivity contribution in [1.29, 1.82) is 0 Å². The van der Waals surface area contributed by atoms with E-state index in [0.717, 1.165) is 17.3 Å². The van der Waals surface area contributed by atoms with E-state index in [1.54, 1.807) is 6.08 Å². The van der Waals surface area contributed by atoms with Crippen molar-refractivity contribution in [3.63, 3.8) is 0 Å². The Bertz CT molecular complexity index is 1020. The zero-order valence-corrected chi connectivity index (χ0v) is 15.9. The maximum Gasteiger partial charge on any atom is 0.271 e. The largest absolute Gasteiger partial charge is 0.324 e. The number of H-pyrrole nitrogens is 1. The highest BCUT2D eigenvalue weighted by Crippen LogP contribution is 2.27. The van der Waals surface area contributed by atoms with Crippen LogP contribution in [0.1, 0.15) is 11.4 Å². The Hall–Kier alpha value is -3.17. The highest BCUT2D eigenvalue weighted by Gasteiger charge is 2.13. The van der Waals surface area contributed by atoms with Gasteiger partial charge in [0.25, 0.3) is 5.69 Å². The van der Waals surface area contributed by atoms with Gasteiger partial charge in [-0.15, -0.1) is 5.10 Å². The molecule has 28 heavy (non-hydrogen) atoms. The number of thioether (sulfide) groups is 1. The third-order valence-electron chi connectivity index (χ3n) is 3.48. The molecule has 10 heteroatoms. The van der Waals surface area contributed by atoms with Crippen molar-refractivity contribution in [2.75, 3.05) is 11.1 Å². The van der Waals surface area contributed by atoms with Crippen LogP contribution in [0.4, 0.5) is 11.4 Å². The lowest BCUT2D eigenvalue weighted by atomic mass is 10.2. The van der Waals surface area contributed by atoms with Gasteiger partial charge in [-0.05, 0) is 17.7 Å². The Kier molecular flexibility index (Phi) is 6.41. The molecule has 0 saturated carbocycles. The minimum absolute atomic E-state index is 0.0265. The first-order valence-electron chi connectivity index (χ1n) is 8.03. The molecule has 0 fully saturated rings. The number of aromatic amines is 1. The van der Waals surface area contributed by atoms with E-state index in [9.17, 15) is 14.9 Å². The molecule has 1 aromatic heterocycles. The van der Waals surface area contributed by atoms with Crippen LogP contribution in [0.15, 0.2) is 53.7 Å². The normalized spacial score (nSPS) is 10.9. The van der Waals surface area contributed by atoms with Crippen LogP contribution in [0.2, 0.25) is 5.02 Å². The number of benzene rings is 2. The fraction of sp³-hybridized carbons (Fsp3) is 0.0556. The van der Waals surface area contributed by atoms with E-state index in [2.05, 4.69) is 20.5 Å². The second-order valence-electron chi connectivity index (χ2n) is 5.51. The molecule has 0 atom stereocenters. The highest BCUT2D eigenvalue weighted by molar-refractivity contribution is 7.99. The quantitative estimate of drug-likeness (QED) is 0.338. The number of rotatable bonds is 7. The Balaban J connectivity index is 1.55. The molecule has 0 unspecified atom stereocenters. The number of carbonyl (C=O) groups is 1. The van der Waals surface area contributed by atoms with Crippen molar-refractivity contribution in [1.82, 2.24) is 15.2 Å². The van der Waals surface area contributed by atoms with Gasteiger partial charge in [0, 0.05) is 12.1 Å². The average Bonchev–Trinajstić information content (AvgIpc) is 3.15. The Morgan fingerprint density at radius 3 is 2.79 bits per heavy atom. The van der Waals surface area contributed by atoms with Crippen LogP contribution in [-0.2, 0) is 4.79 Å². The van der Waals surface area contributed by atoms with Crippen LogP contribution in [0.25, 0.3) is 12.2 Å². The highest BCUT2D eigenvalue weighted by atomic mass is 35.5. The van der Waals surface area contributed by atoms with Gasteiger partial charge in [-0.2, -0.15) is 0 Å². The van der Waals surface area contributed by atoms with Crippen LogP contribution >= 0.6 is 23.4 Å². The minimum atomic E-state index is -0.557. The van der Waals surface area contributed by atoms with E-state index in [0.29, 0.717) is 11.0 Å². The molecule has 1 amide bonds. The molecule has 8 nitrogen and oxygen atoms in total. The standard InChI is InChI=1S/C18H14ClN5O3S/c19-14-8-7-13(24(26)27)10-15(14)20-17(25)11-28-18-21-16(22-23-18)9-6-12-4-2-1-3-5-12/h1-10H,11H2,(H,20,25)(H,21,22,23)/b9-6+.